The van der Waals surface area contributed by atoms with Gasteiger partial charge in [0.1, 0.15) is 5.78 Å². The molecular formula is C20H26O4. The Bertz CT molecular complexity index is 616. The molecule has 1 atom stereocenters. The number of ketones is 1. The summed E-state index contributed by atoms with van der Waals surface area (Å²) in [5.41, 5.74) is 0.573. The lowest BCUT2D eigenvalue weighted by atomic mass is 9.48. The Morgan fingerprint density at radius 1 is 1.04 bits per heavy atom. The zero-order valence-electron chi connectivity index (χ0n) is 13.9. The smallest absolute Gasteiger partial charge is 0.157 e. The van der Waals surface area contributed by atoms with E-state index in [0.29, 0.717) is 6.42 Å². The Labute approximate surface area is 142 Å². The molecular weight excluding hydrogens is 304 g/mol. The van der Waals surface area contributed by atoms with Gasteiger partial charge in [0.15, 0.2) is 11.5 Å². The number of phenolic OH excluding ortho intramolecular Hbond substituents is 2. The number of phenols is 2. The summed E-state index contributed by atoms with van der Waals surface area (Å²) in [6.07, 6.45) is 6.82. The molecule has 0 aromatic heterocycles. The monoisotopic (exact) mass is 330 g/mol. The van der Waals surface area contributed by atoms with E-state index in [1.807, 2.05) is 0 Å². The number of aromatic hydroxyl groups is 2. The van der Waals surface area contributed by atoms with E-state index in [9.17, 15) is 20.1 Å². The maximum absolute atomic E-state index is 13.0. The van der Waals surface area contributed by atoms with Crippen molar-refractivity contribution >= 4 is 5.78 Å². The Kier molecular flexibility index (Phi) is 3.83. The van der Waals surface area contributed by atoms with Crippen molar-refractivity contribution in [2.75, 3.05) is 0 Å². The van der Waals surface area contributed by atoms with Gasteiger partial charge in [-0.15, -0.1) is 0 Å². The molecule has 0 spiro atoms. The van der Waals surface area contributed by atoms with Gasteiger partial charge in [0.05, 0.1) is 6.10 Å². The Morgan fingerprint density at radius 2 is 1.62 bits per heavy atom. The van der Waals surface area contributed by atoms with Crippen molar-refractivity contribution in [1.82, 2.24) is 0 Å². The first-order valence-electron chi connectivity index (χ1n) is 9.16. The summed E-state index contributed by atoms with van der Waals surface area (Å²) in [6.45, 7) is 0. The van der Waals surface area contributed by atoms with E-state index < -0.39 is 6.10 Å². The van der Waals surface area contributed by atoms with Gasteiger partial charge in [-0.25, -0.2) is 0 Å². The van der Waals surface area contributed by atoms with E-state index in [1.54, 1.807) is 6.07 Å². The summed E-state index contributed by atoms with van der Waals surface area (Å²) in [5.74, 6) is 2.08. The molecule has 1 aromatic rings. The molecule has 1 aromatic carbocycles. The van der Waals surface area contributed by atoms with E-state index >= 15 is 0 Å². The number of hydrogen-bond donors (Lipinski definition) is 3. The van der Waals surface area contributed by atoms with Crippen molar-refractivity contribution in [3.05, 3.63) is 23.8 Å². The van der Waals surface area contributed by atoms with Crippen molar-refractivity contribution in [3.63, 3.8) is 0 Å². The Morgan fingerprint density at radius 3 is 2.17 bits per heavy atom. The molecule has 4 bridgehead atoms. The SMILES string of the molecule is O=C(CC(O)Cc1ccc(O)c(O)c1)C12CC3CC(CC(C3)C1)C2. The van der Waals surface area contributed by atoms with Gasteiger partial charge >= 0.3 is 0 Å². The molecule has 0 aliphatic heterocycles. The number of benzene rings is 1. The zero-order valence-corrected chi connectivity index (χ0v) is 13.9. The lowest BCUT2D eigenvalue weighted by Gasteiger charge is -2.56. The summed E-state index contributed by atoms with van der Waals surface area (Å²) < 4.78 is 0. The lowest BCUT2D eigenvalue weighted by Crippen LogP contribution is -2.50. The Hall–Kier alpha value is -1.55. The molecule has 3 N–H and O–H groups in total. The van der Waals surface area contributed by atoms with E-state index in [4.69, 9.17) is 0 Å². The molecule has 0 radical (unpaired) electrons. The molecule has 1 unspecified atom stereocenters. The lowest BCUT2D eigenvalue weighted by molar-refractivity contribution is -0.145. The van der Waals surface area contributed by atoms with Crippen LogP contribution in [0.4, 0.5) is 0 Å². The fourth-order valence-corrected chi connectivity index (χ4v) is 5.92. The van der Waals surface area contributed by atoms with Crippen LogP contribution in [0.5, 0.6) is 11.5 Å². The van der Waals surface area contributed by atoms with Crippen LogP contribution in [0.25, 0.3) is 0 Å². The normalized spacial score (nSPS) is 35.1. The molecule has 130 valence electrons. The Balaban J connectivity index is 1.41. The number of rotatable bonds is 5. The number of aliphatic hydroxyl groups excluding tert-OH is 1. The van der Waals surface area contributed by atoms with Crippen LogP contribution in [-0.4, -0.2) is 27.2 Å². The minimum atomic E-state index is -0.727. The highest BCUT2D eigenvalue weighted by atomic mass is 16.3. The zero-order chi connectivity index (χ0) is 16.9. The van der Waals surface area contributed by atoms with Gasteiger partial charge in [0, 0.05) is 11.8 Å². The third kappa shape index (κ3) is 2.81. The molecule has 0 saturated heterocycles. The third-order valence-electron chi connectivity index (χ3n) is 6.56. The molecule has 24 heavy (non-hydrogen) atoms. The second-order valence-electron chi connectivity index (χ2n) is 8.51. The van der Waals surface area contributed by atoms with Crippen molar-refractivity contribution in [2.45, 2.75) is 57.5 Å². The molecule has 4 aliphatic rings. The van der Waals surface area contributed by atoms with Gasteiger partial charge in [0.25, 0.3) is 0 Å². The summed E-state index contributed by atoms with van der Waals surface area (Å²) in [4.78, 5) is 13.0. The van der Waals surface area contributed by atoms with Gasteiger partial charge < -0.3 is 15.3 Å². The molecule has 0 heterocycles. The second-order valence-corrected chi connectivity index (χ2v) is 8.51. The largest absolute Gasteiger partial charge is 0.504 e. The van der Waals surface area contributed by atoms with Crippen LogP contribution in [0.1, 0.15) is 50.5 Å². The van der Waals surface area contributed by atoms with Crippen LogP contribution in [0, 0.1) is 23.2 Å². The van der Waals surface area contributed by atoms with E-state index in [-0.39, 0.29) is 29.1 Å². The van der Waals surface area contributed by atoms with E-state index in [0.717, 1.165) is 42.6 Å². The predicted molar refractivity (Wildman–Crippen MR) is 89.7 cm³/mol. The summed E-state index contributed by atoms with van der Waals surface area (Å²) in [6, 6.07) is 4.54. The number of hydrogen-bond acceptors (Lipinski definition) is 4. The first-order chi connectivity index (χ1) is 11.4. The standard InChI is InChI=1S/C20H26O4/c21-16(6-12-1-2-17(22)18(23)7-12)8-19(24)20-9-13-3-14(10-20)5-15(4-13)11-20/h1-2,7,13-16,21-23H,3-6,8-11H2. The quantitative estimate of drug-likeness (QED) is 0.725. The summed E-state index contributed by atoms with van der Waals surface area (Å²) >= 11 is 0. The second kappa shape index (κ2) is 5.76. The summed E-state index contributed by atoms with van der Waals surface area (Å²) in [7, 11) is 0. The molecule has 0 amide bonds. The fraction of sp³-hybridized carbons (Fsp3) is 0.650. The summed E-state index contributed by atoms with van der Waals surface area (Å²) in [5, 5.41) is 29.3. The molecule has 4 nitrogen and oxygen atoms in total. The minimum Gasteiger partial charge on any atom is -0.504 e. The molecule has 4 aliphatic carbocycles. The van der Waals surface area contributed by atoms with Gasteiger partial charge in [-0.05, 0) is 80.4 Å². The number of aliphatic hydroxyl groups is 1. The highest BCUT2D eigenvalue weighted by molar-refractivity contribution is 5.85. The average Bonchev–Trinajstić information content (AvgIpc) is 2.49. The van der Waals surface area contributed by atoms with Gasteiger partial charge in [-0.1, -0.05) is 6.07 Å². The number of carbonyl (C=O) groups excluding carboxylic acids is 1. The number of carbonyl (C=O) groups is 1. The number of Topliss-reactive ketones (excluding diaryl/α,β-unsaturated/α-hetero) is 1. The maximum atomic E-state index is 13.0. The van der Waals surface area contributed by atoms with Gasteiger partial charge in [-0.2, -0.15) is 0 Å². The van der Waals surface area contributed by atoms with Gasteiger partial charge in [-0.3, -0.25) is 4.79 Å². The van der Waals surface area contributed by atoms with Crippen molar-refractivity contribution < 1.29 is 20.1 Å². The molecule has 4 fully saturated rings. The first-order valence-corrected chi connectivity index (χ1v) is 9.16. The minimum absolute atomic E-state index is 0.160. The molecule has 5 rings (SSSR count). The van der Waals surface area contributed by atoms with E-state index in [2.05, 4.69) is 0 Å². The van der Waals surface area contributed by atoms with Crippen LogP contribution in [0.15, 0.2) is 18.2 Å². The average molecular weight is 330 g/mol. The predicted octanol–water partition coefficient (Wildman–Crippen LogP) is 3.18. The van der Waals surface area contributed by atoms with Crippen LogP contribution in [0.2, 0.25) is 0 Å². The van der Waals surface area contributed by atoms with Crippen molar-refractivity contribution in [1.29, 1.82) is 0 Å². The molecule has 4 heteroatoms. The van der Waals surface area contributed by atoms with Crippen LogP contribution >= 0.6 is 0 Å². The third-order valence-corrected chi connectivity index (χ3v) is 6.56. The fourth-order valence-electron chi connectivity index (χ4n) is 5.92. The van der Waals surface area contributed by atoms with Crippen LogP contribution in [-0.2, 0) is 11.2 Å². The van der Waals surface area contributed by atoms with E-state index in [1.165, 1.54) is 31.4 Å². The van der Waals surface area contributed by atoms with Crippen LogP contribution in [0.3, 0.4) is 0 Å². The highest BCUT2D eigenvalue weighted by Gasteiger charge is 2.54. The van der Waals surface area contributed by atoms with Crippen LogP contribution < -0.4 is 0 Å². The van der Waals surface area contributed by atoms with Crippen molar-refractivity contribution in [3.8, 4) is 11.5 Å². The highest BCUT2D eigenvalue weighted by Crippen LogP contribution is 2.60. The first kappa shape index (κ1) is 15.9. The topological polar surface area (TPSA) is 77.8 Å². The molecule has 4 saturated carbocycles. The van der Waals surface area contributed by atoms with Gasteiger partial charge in [0.2, 0.25) is 0 Å². The van der Waals surface area contributed by atoms with Crippen molar-refractivity contribution in [2.24, 2.45) is 23.2 Å². The maximum Gasteiger partial charge on any atom is 0.157 e.